The third-order valence-electron chi connectivity index (χ3n) is 4.91. The van der Waals surface area contributed by atoms with Gasteiger partial charge in [-0.2, -0.15) is 9.82 Å². The number of aryl methyl sites for hydroxylation is 2. The van der Waals surface area contributed by atoms with Crippen molar-refractivity contribution in [3.05, 3.63) is 48.3 Å². The number of pyridine rings is 1. The summed E-state index contributed by atoms with van der Waals surface area (Å²) in [4.78, 5) is 18.9. The molecular formula is C19H21N5O3S. The molecule has 1 fully saturated rings. The van der Waals surface area contributed by atoms with Crippen LogP contribution in [0.4, 0.5) is 5.82 Å². The number of carbonyl (C=O) groups excluding carboxylic acids is 1. The zero-order chi connectivity index (χ0) is 19.9. The summed E-state index contributed by atoms with van der Waals surface area (Å²) >= 11 is 0. The fourth-order valence-electron chi connectivity index (χ4n) is 3.55. The Morgan fingerprint density at radius 1 is 1.25 bits per heavy atom. The number of anilines is 1. The molecule has 0 saturated carbocycles. The van der Waals surface area contributed by atoms with Gasteiger partial charge in [0, 0.05) is 31.2 Å². The lowest BCUT2D eigenvalue weighted by Gasteiger charge is -2.32. The van der Waals surface area contributed by atoms with E-state index in [4.69, 9.17) is 0 Å². The standard InChI is InChI=1S/C19H21N5O3S/c1-13-11-14-5-3-7-16(18(14)20-12-13)28(26,27)22-15-6-4-10-24(19(15)25)17-8-9-21-23(17)2/h3,5,7-9,11-12,15,22H,4,6,10H2,1-2H3/t15-/m1/s1. The lowest BCUT2D eigenvalue weighted by molar-refractivity contribution is -0.121. The van der Waals surface area contributed by atoms with Crippen LogP contribution in [0.25, 0.3) is 10.9 Å². The zero-order valence-corrected chi connectivity index (χ0v) is 16.5. The summed E-state index contributed by atoms with van der Waals surface area (Å²) in [5.41, 5.74) is 1.34. The van der Waals surface area contributed by atoms with E-state index in [1.54, 1.807) is 41.2 Å². The van der Waals surface area contributed by atoms with E-state index in [1.807, 2.05) is 19.1 Å². The van der Waals surface area contributed by atoms with Crippen LogP contribution in [0.15, 0.2) is 47.6 Å². The van der Waals surface area contributed by atoms with Gasteiger partial charge in [0.05, 0.1) is 11.7 Å². The quantitative estimate of drug-likeness (QED) is 0.721. The normalized spacial score (nSPS) is 18.0. The molecular weight excluding hydrogens is 378 g/mol. The number of nitrogens with one attached hydrogen (secondary N) is 1. The minimum atomic E-state index is -3.92. The Kier molecular flexibility index (Phi) is 4.64. The van der Waals surface area contributed by atoms with Gasteiger partial charge >= 0.3 is 0 Å². The highest BCUT2D eigenvalue weighted by Gasteiger charge is 2.34. The van der Waals surface area contributed by atoms with Crippen LogP contribution >= 0.6 is 0 Å². The number of amides is 1. The van der Waals surface area contributed by atoms with Crippen molar-refractivity contribution in [3.8, 4) is 0 Å². The predicted octanol–water partition coefficient (Wildman–Crippen LogP) is 1.75. The minimum absolute atomic E-state index is 0.0791. The summed E-state index contributed by atoms with van der Waals surface area (Å²) in [6, 6.07) is 7.82. The molecule has 1 aliphatic rings. The van der Waals surface area contributed by atoms with Crippen LogP contribution in [0.1, 0.15) is 18.4 Å². The van der Waals surface area contributed by atoms with Crippen LogP contribution < -0.4 is 9.62 Å². The molecule has 1 N–H and O–H groups in total. The average Bonchev–Trinajstić information content (AvgIpc) is 3.08. The second-order valence-corrected chi connectivity index (χ2v) is 8.64. The van der Waals surface area contributed by atoms with E-state index in [-0.39, 0.29) is 10.8 Å². The molecule has 0 radical (unpaired) electrons. The molecule has 1 saturated heterocycles. The van der Waals surface area contributed by atoms with E-state index < -0.39 is 16.1 Å². The topological polar surface area (TPSA) is 97.2 Å². The number of benzene rings is 1. The lowest BCUT2D eigenvalue weighted by atomic mass is 10.1. The molecule has 0 aliphatic carbocycles. The van der Waals surface area contributed by atoms with Crippen molar-refractivity contribution < 1.29 is 13.2 Å². The van der Waals surface area contributed by atoms with Gasteiger partial charge in [-0.3, -0.25) is 19.4 Å². The summed E-state index contributed by atoms with van der Waals surface area (Å²) in [5.74, 6) is 0.374. The Morgan fingerprint density at radius 2 is 2.07 bits per heavy atom. The molecule has 0 unspecified atom stereocenters. The van der Waals surface area contributed by atoms with Crippen LogP contribution in [0.2, 0.25) is 0 Å². The van der Waals surface area contributed by atoms with E-state index in [0.29, 0.717) is 30.7 Å². The van der Waals surface area contributed by atoms with Crippen LogP contribution in [-0.2, 0) is 21.9 Å². The molecule has 1 atom stereocenters. The molecule has 0 bridgehead atoms. The van der Waals surface area contributed by atoms with E-state index in [0.717, 1.165) is 10.9 Å². The van der Waals surface area contributed by atoms with Crippen molar-refractivity contribution in [1.82, 2.24) is 19.5 Å². The highest BCUT2D eigenvalue weighted by atomic mass is 32.2. The van der Waals surface area contributed by atoms with Gasteiger partial charge in [0.2, 0.25) is 15.9 Å². The number of para-hydroxylation sites is 1. The van der Waals surface area contributed by atoms with Crippen molar-refractivity contribution in [1.29, 1.82) is 0 Å². The Bertz CT molecular complexity index is 1160. The first-order valence-electron chi connectivity index (χ1n) is 9.04. The van der Waals surface area contributed by atoms with Gasteiger partial charge in [0.25, 0.3) is 0 Å². The van der Waals surface area contributed by atoms with Gasteiger partial charge in [0.15, 0.2) is 0 Å². The number of piperidine rings is 1. The fourth-order valence-corrected chi connectivity index (χ4v) is 4.96. The van der Waals surface area contributed by atoms with Gasteiger partial charge in [-0.1, -0.05) is 12.1 Å². The van der Waals surface area contributed by atoms with Crippen molar-refractivity contribution >= 4 is 32.7 Å². The van der Waals surface area contributed by atoms with Crippen LogP contribution in [-0.4, -0.2) is 41.7 Å². The number of fused-ring (bicyclic) bond motifs is 1. The Morgan fingerprint density at radius 3 is 2.82 bits per heavy atom. The smallest absolute Gasteiger partial charge is 0.246 e. The zero-order valence-electron chi connectivity index (χ0n) is 15.7. The van der Waals surface area contributed by atoms with Gasteiger partial charge in [-0.25, -0.2) is 8.42 Å². The molecule has 3 aromatic rings. The lowest BCUT2D eigenvalue weighted by Crippen LogP contribution is -2.52. The van der Waals surface area contributed by atoms with E-state index >= 15 is 0 Å². The van der Waals surface area contributed by atoms with Crippen molar-refractivity contribution in [2.75, 3.05) is 11.4 Å². The molecule has 1 amide bonds. The van der Waals surface area contributed by atoms with Crippen LogP contribution in [0.5, 0.6) is 0 Å². The Labute approximate surface area is 163 Å². The molecule has 2 aromatic heterocycles. The molecule has 1 aliphatic heterocycles. The van der Waals surface area contributed by atoms with E-state index in [2.05, 4.69) is 14.8 Å². The first-order chi connectivity index (χ1) is 13.4. The van der Waals surface area contributed by atoms with E-state index in [1.165, 1.54) is 6.07 Å². The summed E-state index contributed by atoms with van der Waals surface area (Å²) in [5, 5.41) is 4.84. The van der Waals surface area contributed by atoms with Crippen molar-refractivity contribution in [2.45, 2.75) is 30.7 Å². The third kappa shape index (κ3) is 3.27. The highest BCUT2D eigenvalue weighted by molar-refractivity contribution is 7.89. The summed E-state index contributed by atoms with van der Waals surface area (Å²) < 4.78 is 30.3. The van der Waals surface area contributed by atoms with Gasteiger partial charge in [0.1, 0.15) is 16.8 Å². The number of hydrogen-bond donors (Lipinski definition) is 1. The number of rotatable bonds is 4. The third-order valence-corrected chi connectivity index (χ3v) is 6.41. The van der Waals surface area contributed by atoms with Crippen LogP contribution in [0.3, 0.4) is 0 Å². The maximum atomic E-state index is 13.1. The number of nitrogens with zero attached hydrogens (tertiary/aromatic N) is 4. The summed E-state index contributed by atoms with van der Waals surface area (Å²) in [7, 11) is -2.17. The SMILES string of the molecule is Cc1cnc2c(S(=O)(=O)N[C@@H]3CCCN(c4ccnn4C)C3=O)cccc2c1. The minimum Gasteiger partial charge on any atom is -0.296 e. The summed E-state index contributed by atoms with van der Waals surface area (Å²) in [6.07, 6.45) is 4.39. The highest BCUT2D eigenvalue weighted by Crippen LogP contribution is 2.24. The maximum absolute atomic E-state index is 13.1. The van der Waals surface area contributed by atoms with Gasteiger partial charge in [-0.15, -0.1) is 0 Å². The van der Waals surface area contributed by atoms with Gasteiger partial charge in [-0.05, 0) is 37.5 Å². The number of sulfonamides is 1. The number of hydrogen-bond acceptors (Lipinski definition) is 5. The van der Waals surface area contributed by atoms with Gasteiger partial charge < -0.3 is 0 Å². The second kappa shape index (κ2) is 6.99. The molecule has 4 rings (SSSR count). The summed E-state index contributed by atoms with van der Waals surface area (Å²) in [6.45, 7) is 2.44. The molecule has 0 spiro atoms. The predicted molar refractivity (Wildman–Crippen MR) is 105 cm³/mol. The number of carbonyl (C=O) groups is 1. The molecule has 3 heterocycles. The second-order valence-electron chi connectivity index (χ2n) is 6.96. The largest absolute Gasteiger partial charge is 0.296 e. The number of aromatic nitrogens is 3. The Balaban J connectivity index is 1.65. The van der Waals surface area contributed by atoms with Crippen molar-refractivity contribution in [3.63, 3.8) is 0 Å². The molecule has 28 heavy (non-hydrogen) atoms. The van der Waals surface area contributed by atoms with E-state index in [9.17, 15) is 13.2 Å². The van der Waals surface area contributed by atoms with Crippen LogP contribution in [0, 0.1) is 6.92 Å². The molecule has 146 valence electrons. The molecule has 8 nitrogen and oxygen atoms in total. The molecule has 1 aromatic carbocycles. The Hall–Kier alpha value is -2.78. The first kappa shape index (κ1) is 18.6. The first-order valence-corrected chi connectivity index (χ1v) is 10.5. The monoisotopic (exact) mass is 399 g/mol. The average molecular weight is 399 g/mol. The molecule has 9 heteroatoms. The maximum Gasteiger partial charge on any atom is 0.246 e. The van der Waals surface area contributed by atoms with Crippen molar-refractivity contribution in [2.24, 2.45) is 7.05 Å². The fraction of sp³-hybridized carbons (Fsp3) is 0.316.